The lowest BCUT2D eigenvalue weighted by Crippen LogP contribution is -2.16. The number of fused-ring (bicyclic) bond motifs is 1. The van der Waals surface area contributed by atoms with E-state index >= 15 is 0 Å². The summed E-state index contributed by atoms with van der Waals surface area (Å²) < 4.78 is 32.8. The van der Waals surface area contributed by atoms with Gasteiger partial charge in [0.15, 0.2) is 0 Å². The van der Waals surface area contributed by atoms with Crippen molar-refractivity contribution in [1.29, 1.82) is 0 Å². The summed E-state index contributed by atoms with van der Waals surface area (Å²) in [5.74, 6) is 0.517. The molecule has 0 amide bonds. The first-order chi connectivity index (χ1) is 11.4. The lowest BCUT2D eigenvalue weighted by Gasteiger charge is -2.14. The molecule has 126 valence electrons. The Morgan fingerprint density at radius 1 is 1.17 bits per heavy atom. The van der Waals surface area contributed by atoms with Crippen LogP contribution < -0.4 is 4.74 Å². The average molecular weight is 345 g/mol. The fraction of sp³-hybridized carbons (Fsp3) is 0.294. The minimum atomic E-state index is -3.91. The van der Waals surface area contributed by atoms with Crippen molar-refractivity contribution in [3.8, 4) is 5.75 Å². The number of hydrogen-bond acceptors (Lipinski definition) is 5. The van der Waals surface area contributed by atoms with Crippen LogP contribution in [-0.4, -0.2) is 29.4 Å². The van der Waals surface area contributed by atoms with Gasteiger partial charge in [0, 0.05) is 0 Å². The zero-order valence-corrected chi connectivity index (χ0v) is 14.6. The number of nitrogens with zero attached hydrogens (tertiary/aromatic N) is 3. The molecule has 0 fully saturated rings. The first-order valence-electron chi connectivity index (χ1n) is 7.78. The first-order valence-corrected chi connectivity index (χ1v) is 9.22. The summed E-state index contributed by atoms with van der Waals surface area (Å²) >= 11 is 0. The maximum absolute atomic E-state index is 13.2. The van der Waals surface area contributed by atoms with Crippen LogP contribution in [-0.2, 0) is 10.0 Å². The van der Waals surface area contributed by atoms with Crippen molar-refractivity contribution in [3.63, 3.8) is 0 Å². The molecule has 0 bridgehead atoms. The minimum absolute atomic E-state index is 0.103. The molecular formula is C17H19N3O3S. The highest BCUT2D eigenvalue weighted by Crippen LogP contribution is 2.30. The summed E-state index contributed by atoms with van der Waals surface area (Å²) in [6.45, 7) is 6.22. The third-order valence-corrected chi connectivity index (χ3v) is 5.36. The highest BCUT2D eigenvalue weighted by Gasteiger charge is 2.26. The lowest BCUT2D eigenvalue weighted by molar-refractivity contribution is 0.330. The number of benzene rings is 2. The minimum Gasteiger partial charge on any atom is -0.492 e. The van der Waals surface area contributed by atoms with E-state index in [1.807, 2.05) is 26.8 Å². The van der Waals surface area contributed by atoms with Crippen LogP contribution in [0.3, 0.4) is 0 Å². The number of rotatable bonds is 5. The summed E-state index contributed by atoms with van der Waals surface area (Å²) in [4.78, 5) is 0.103. The topological polar surface area (TPSA) is 74.1 Å². The standard InChI is InChI=1S/C17H19N3O3S/c1-4-23-16-10-9-13(12(2)3)11-17(16)24(21,22)20-15-8-6-5-7-14(15)18-19-20/h5-12H,4H2,1-3H3. The summed E-state index contributed by atoms with van der Waals surface area (Å²) in [6, 6.07) is 12.2. The number of ether oxygens (including phenoxy) is 1. The van der Waals surface area contributed by atoms with Crippen LogP contribution >= 0.6 is 0 Å². The van der Waals surface area contributed by atoms with Gasteiger partial charge in [-0.15, -0.1) is 9.19 Å². The molecule has 1 heterocycles. The maximum Gasteiger partial charge on any atom is 0.288 e. The Kier molecular flexibility index (Phi) is 4.28. The maximum atomic E-state index is 13.2. The lowest BCUT2D eigenvalue weighted by atomic mass is 10.0. The monoisotopic (exact) mass is 345 g/mol. The van der Waals surface area contributed by atoms with E-state index in [1.54, 1.807) is 36.4 Å². The molecule has 0 unspecified atom stereocenters. The molecule has 0 spiro atoms. The third kappa shape index (κ3) is 2.75. The molecule has 0 radical (unpaired) electrons. The Hall–Kier alpha value is -2.41. The summed E-state index contributed by atoms with van der Waals surface area (Å²) in [7, 11) is -3.91. The van der Waals surface area contributed by atoms with Gasteiger partial charge < -0.3 is 4.74 Å². The van der Waals surface area contributed by atoms with Gasteiger partial charge in [-0.3, -0.25) is 0 Å². The largest absolute Gasteiger partial charge is 0.492 e. The van der Waals surface area contributed by atoms with Gasteiger partial charge in [0.1, 0.15) is 21.7 Å². The molecule has 6 nitrogen and oxygen atoms in total. The first kappa shape index (κ1) is 16.4. The molecule has 0 aliphatic carbocycles. The van der Waals surface area contributed by atoms with Gasteiger partial charge in [-0.2, -0.15) is 8.42 Å². The highest BCUT2D eigenvalue weighted by molar-refractivity contribution is 7.90. The van der Waals surface area contributed by atoms with Gasteiger partial charge >= 0.3 is 0 Å². The third-order valence-electron chi connectivity index (χ3n) is 3.76. The number of aromatic nitrogens is 3. The van der Waals surface area contributed by atoms with Crippen LogP contribution in [0, 0.1) is 0 Å². The van der Waals surface area contributed by atoms with Gasteiger partial charge in [-0.25, -0.2) is 0 Å². The Labute approximate surface area is 141 Å². The van der Waals surface area contributed by atoms with Crippen LogP contribution in [0.4, 0.5) is 0 Å². The van der Waals surface area contributed by atoms with Crippen LogP contribution in [0.5, 0.6) is 5.75 Å². The highest BCUT2D eigenvalue weighted by atomic mass is 32.2. The van der Waals surface area contributed by atoms with E-state index in [4.69, 9.17) is 4.74 Å². The van der Waals surface area contributed by atoms with Crippen LogP contribution in [0.25, 0.3) is 11.0 Å². The fourth-order valence-electron chi connectivity index (χ4n) is 2.48. The van der Waals surface area contributed by atoms with Crippen molar-refractivity contribution in [2.45, 2.75) is 31.6 Å². The molecular weight excluding hydrogens is 326 g/mol. The van der Waals surface area contributed by atoms with Crippen molar-refractivity contribution < 1.29 is 13.2 Å². The molecule has 1 aromatic heterocycles. The molecule has 24 heavy (non-hydrogen) atoms. The molecule has 0 N–H and O–H groups in total. The Balaban J connectivity index is 2.23. The zero-order valence-electron chi connectivity index (χ0n) is 13.8. The van der Waals surface area contributed by atoms with E-state index in [0.717, 1.165) is 9.65 Å². The molecule has 0 aliphatic rings. The van der Waals surface area contributed by atoms with Crippen molar-refractivity contribution in [3.05, 3.63) is 48.0 Å². The Morgan fingerprint density at radius 3 is 2.62 bits per heavy atom. The summed E-state index contributed by atoms with van der Waals surface area (Å²) in [6.07, 6.45) is 0. The van der Waals surface area contributed by atoms with Crippen molar-refractivity contribution in [1.82, 2.24) is 14.4 Å². The second kappa shape index (κ2) is 6.24. The van der Waals surface area contributed by atoms with E-state index in [9.17, 15) is 8.42 Å². The predicted octanol–water partition coefficient (Wildman–Crippen LogP) is 3.19. The van der Waals surface area contributed by atoms with Crippen LogP contribution in [0.2, 0.25) is 0 Å². The van der Waals surface area contributed by atoms with E-state index in [1.165, 1.54) is 0 Å². The second-order valence-corrected chi connectivity index (χ2v) is 7.46. The summed E-state index contributed by atoms with van der Waals surface area (Å²) in [5, 5.41) is 7.78. The molecule has 3 aromatic rings. The predicted molar refractivity (Wildman–Crippen MR) is 91.8 cm³/mol. The molecule has 3 rings (SSSR count). The SMILES string of the molecule is CCOc1ccc(C(C)C)cc1S(=O)(=O)n1nnc2ccccc21. The van der Waals surface area contributed by atoms with E-state index in [-0.39, 0.29) is 10.8 Å². The van der Waals surface area contributed by atoms with Crippen molar-refractivity contribution in [2.75, 3.05) is 6.61 Å². The molecule has 0 saturated carbocycles. The normalized spacial score (nSPS) is 12.0. The fourth-order valence-corrected chi connectivity index (χ4v) is 3.88. The van der Waals surface area contributed by atoms with Gasteiger partial charge in [0.05, 0.1) is 6.61 Å². The number of para-hydroxylation sites is 1. The second-order valence-electron chi connectivity index (χ2n) is 5.72. The van der Waals surface area contributed by atoms with E-state index in [2.05, 4.69) is 10.3 Å². The Bertz CT molecular complexity index is 978. The smallest absolute Gasteiger partial charge is 0.288 e. The molecule has 7 heteroatoms. The van der Waals surface area contributed by atoms with Crippen molar-refractivity contribution >= 4 is 21.1 Å². The van der Waals surface area contributed by atoms with Gasteiger partial charge in [-0.1, -0.05) is 37.3 Å². The van der Waals surface area contributed by atoms with Crippen LogP contribution in [0.15, 0.2) is 47.4 Å². The summed E-state index contributed by atoms with van der Waals surface area (Å²) in [5.41, 5.74) is 1.88. The van der Waals surface area contributed by atoms with Gasteiger partial charge in [0.2, 0.25) is 0 Å². The average Bonchev–Trinajstić information content (AvgIpc) is 3.00. The quantitative estimate of drug-likeness (QED) is 0.710. The van der Waals surface area contributed by atoms with Crippen molar-refractivity contribution in [2.24, 2.45) is 0 Å². The van der Waals surface area contributed by atoms with E-state index < -0.39 is 10.0 Å². The van der Waals surface area contributed by atoms with Crippen LogP contribution in [0.1, 0.15) is 32.3 Å². The van der Waals surface area contributed by atoms with Gasteiger partial charge in [0.25, 0.3) is 10.0 Å². The molecule has 2 aromatic carbocycles. The molecule has 0 aliphatic heterocycles. The van der Waals surface area contributed by atoms with Gasteiger partial charge in [-0.05, 0) is 42.7 Å². The van der Waals surface area contributed by atoms with E-state index in [0.29, 0.717) is 23.4 Å². The molecule has 0 saturated heterocycles. The Morgan fingerprint density at radius 2 is 1.92 bits per heavy atom. The number of hydrogen-bond donors (Lipinski definition) is 0. The zero-order chi connectivity index (χ0) is 17.3. The molecule has 0 atom stereocenters.